The molecule has 4 rings (SSSR count). The summed E-state index contributed by atoms with van der Waals surface area (Å²) in [7, 11) is 0. The molecule has 0 spiro atoms. The molecule has 3 heterocycles. The van der Waals surface area contributed by atoms with Crippen LogP contribution in [0, 0.1) is 12.7 Å². The number of hydrogen-bond donors (Lipinski definition) is 1. The minimum Gasteiger partial charge on any atom is -0.322 e. The van der Waals surface area contributed by atoms with Crippen molar-refractivity contribution in [3.05, 3.63) is 58.8 Å². The van der Waals surface area contributed by atoms with E-state index in [0.29, 0.717) is 11.6 Å². The van der Waals surface area contributed by atoms with E-state index >= 15 is 0 Å². The van der Waals surface area contributed by atoms with Crippen LogP contribution < -0.4 is 5.32 Å². The molecule has 0 atom stereocenters. The summed E-state index contributed by atoms with van der Waals surface area (Å²) in [6.07, 6.45) is 3.45. The molecule has 26 heavy (non-hydrogen) atoms. The largest absolute Gasteiger partial charge is 0.322 e. The fourth-order valence-electron chi connectivity index (χ4n) is 2.37. The van der Waals surface area contributed by atoms with Crippen LogP contribution in [-0.2, 0) is 0 Å². The minimum absolute atomic E-state index is 0.181. The Morgan fingerprint density at radius 2 is 1.88 bits per heavy atom. The van der Waals surface area contributed by atoms with Gasteiger partial charge in [0.15, 0.2) is 5.82 Å². The first-order chi connectivity index (χ1) is 12.6. The molecule has 1 aromatic carbocycles. The third kappa shape index (κ3) is 3.84. The number of rotatable bonds is 3. The molecular formula is C18H17ClFN5S. The summed E-state index contributed by atoms with van der Waals surface area (Å²) in [5, 5.41) is 3.35. The van der Waals surface area contributed by atoms with Crippen LogP contribution in [0.5, 0.6) is 0 Å². The Morgan fingerprint density at radius 1 is 1.15 bits per heavy atom. The number of thiophene rings is 1. The lowest BCUT2D eigenvalue weighted by atomic mass is 10.3. The van der Waals surface area contributed by atoms with Gasteiger partial charge in [0.1, 0.15) is 18.0 Å². The molecule has 0 amide bonds. The van der Waals surface area contributed by atoms with E-state index in [0.717, 1.165) is 20.8 Å². The van der Waals surface area contributed by atoms with Crippen LogP contribution in [0.1, 0.15) is 18.7 Å². The number of imidazole rings is 1. The van der Waals surface area contributed by atoms with Crippen molar-refractivity contribution in [2.75, 3.05) is 5.32 Å². The number of halogens is 2. The number of aromatic nitrogens is 4. The fraction of sp³-hybridized carbons (Fsp3) is 0.167. The topological polar surface area (TPSA) is 55.6 Å². The number of aryl methyl sites for hydroxylation is 1. The molecule has 5 nitrogen and oxygen atoms in total. The highest BCUT2D eigenvalue weighted by Gasteiger charge is 2.11. The Balaban J connectivity index is 0.000000948. The molecular weight excluding hydrogens is 373 g/mol. The van der Waals surface area contributed by atoms with E-state index in [1.165, 1.54) is 12.1 Å². The van der Waals surface area contributed by atoms with Crippen molar-refractivity contribution in [2.24, 2.45) is 0 Å². The Labute approximate surface area is 159 Å². The zero-order valence-corrected chi connectivity index (χ0v) is 16.1. The number of hydrogen-bond acceptors (Lipinski definition) is 5. The molecule has 0 bridgehead atoms. The van der Waals surface area contributed by atoms with Gasteiger partial charge in [-0.25, -0.2) is 14.4 Å². The van der Waals surface area contributed by atoms with E-state index < -0.39 is 0 Å². The average Bonchev–Trinajstić information content (AvgIpc) is 3.23. The highest BCUT2D eigenvalue weighted by molar-refractivity contribution is 7.19. The van der Waals surface area contributed by atoms with Gasteiger partial charge in [-0.1, -0.05) is 13.8 Å². The minimum atomic E-state index is -0.275. The third-order valence-corrected chi connectivity index (χ3v) is 4.64. The summed E-state index contributed by atoms with van der Waals surface area (Å²) < 4.78 is 15.7. The first-order valence-electron chi connectivity index (χ1n) is 8.09. The second-order valence-electron chi connectivity index (χ2n) is 5.18. The standard InChI is InChI=1S/C16H11ClFN5S.C2H6/c1-9-6-12-14(24-9)15(22-16(17)20-12)21-13-7-23(8-19-13)11-4-2-10(18)3-5-11;1-2/h2-8H,1H3,(H,20,21,22);1-2H3. The van der Waals surface area contributed by atoms with Gasteiger partial charge in [-0.15, -0.1) is 11.3 Å². The molecule has 0 saturated carbocycles. The lowest BCUT2D eigenvalue weighted by molar-refractivity contribution is 0.627. The summed E-state index contributed by atoms with van der Waals surface area (Å²) in [6, 6.07) is 8.15. The molecule has 0 fully saturated rings. The van der Waals surface area contributed by atoms with E-state index in [1.807, 2.05) is 26.8 Å². The Hall–Kier alpha value is -2.51. The smallest absolute Gasteiger partial charge is 0.224 e. The molecule has 3 aromatic heterocycles. The molecule has 4 aromatic rings. The Morgan fingerprint density at radius 3 is 2.62 bits per heavy atom. The highest BCUT2D eigenvalue weighted by Crippen LogP contribution is 2.31. The van der Waals surface area contributed by atoms with Gasteiger partial charge in [-0.2, -0.15) is 4.98 Å². The van der Waals surface area contributed by atoms with Crippen LogP contribution in [-0.4, -0.2) is 19.5 Å². The number of benzene rings is 1. The predicted octanol–water partition coefficient (Wildman–Crippen LogP) is 5.75. The maximum atomic E-state index is 13.0. The van der Waals surface area contributed by atoms with Crippen LogP contribution in [0.2, 0.25) is 5.28 Å². The number of anilines is 2. The predicted molar refractivity (Wildman–Crippen MR) is 105 cm³/mol. The molecule has 1 N–H and O–H groups in total. The second kappa shape index (κ2) is 7.80. The molecule has 0 saturated heterocycles. The molecule has 134 valence electrons. The van der Waals surface area contributed by atoms with Crippen molar-refractivity contribution in [2.45, 2.75) is 20.8 Å². The van der Waals surface area contributed by atoms with E-state index in [4.69, 9.17) is 11.6 Å². The molecule has 0 aliphatic carbocycles. The van der Waals surface area contributed by atoms with Crippen LogP contribution in [0.25, 0.3) is 15.9 Å². The second-order valence-corrected chi connectivity index (χ2v) is 6.77. The van der Waals surface area contributed by atoms with Crippen LogP contribution in [0.3, 0.4) is 0 Å². The highest BCUT2D eigenvalue weighted by atomic mass is 35.5. The van der Waals surface area contributed by atoms with Crippen molar-refractivity contribution in [3.63, 3.8) is 0 Å². The fourth-order valence-corrected chi connectivity index (χ4v) is 3.44. The lowest BCUT2D eigenvalue weighted by Gasteiger charge is -2.04. The first-order valence-corrected chi connectivity index (χ1v) is 9.28. The zero-order chi connectivity index (χ0) is 18.7. The molecule has 8 heteroatoms. The number of nitrogens with zero attached hydrogens (tertiary/aromatic N) is 4. The molecule has 0 radical (unpaired) electrons. The van der Waals surface area contributed by atoms with Gasteiger partial charge in [-0.05, 0) is 48.9 Å². The van der Waals surface area contributed by atoms with E-state index in [1.54, 1.807) is 40.6 Å². The van der Waals surface area contributed by atoms with Crippen molar-refractivity contribution in [1.82, 2.24) is 19.5 Å². The zero-order valence-electron chi connectivity index (χ0n) is 14.5. The van der Waals surface area contributed by atoms with Crippen molar-refractivity contribution < 1.29 is 4.39 Å². The van der Waals surface area contributed by atoms with Gasteiger partial charge in [0, 0.05) is 10.6 Å². The van der Waals surface area contributed by atoms with Gasteiger partial charge in [-0.3, -0.25) is 0 Å². The van der Waals surface area contributed by atoms with Crippen LogP contribution >= 0.6 is 22.9 Å². The van der Waals surface area contributed by atoms with Gasteiger partial charge >= 0.3 is 0 Å². The molecule has 0 unspecified atom stereocenters. The van der Waals surface area contributed by atoms with Gasteiger partial charge in [0.05, 0.1) is 16.4 Å². The van der Waals surface area contributed by atoms with E-state index in [9.17, 15) is 4.39 Å². The van der Waals surface area contributed by atoms with E-state index in [2.05, 4.69) is 20.3 Å². The summed E-state index contributed by atoms with van der Waals surface area (Å²) in [6.45, 7) is 6.01. The monoisotopic (exact) mass is 389 g/mol. The summed E-state index contributed by atoms with van der Waals surface area (Å²) in [5.41, 5.74) is 1.62. The summed E-state index contributed by atoms with van der Waals surface area (Å²) >= 11 is 7.59. The maximum absolute atomic E-state index is 13.0. The first kappa shape index (κ1) is 18.3. The number of fused-ring (bicyclic) bond motifs is 1. The summed E-state index contributed by atoms with van der Waals surface area (Å²) in [5.74, 6) is 0.956. The van der Waals surface area contributed by atoms with Crippen LogP contribution in [0.4, 0.5) is 16.0 Å². The lowest BCUT2D eigenvalue weighted by Crippen LogP contribution is -1.96. The van der Waals surface area contributed by atoms with E-state index in [-0.39, 0.29) is 11.1 Å². The van der Waals surface area contributed by atoms with Gasteiger partial charge in [0.2, 0.25) is 5.28 Å². The average molecular weight is 390 g/mol. The van der Waals surface area contributed by atoms with Crippen molar-refractivity contribution in [1.29, 1.82) is 0 Å². The van der Waals surface area contributed by atoms with Gasteiger partial charge in [0.25, 0.3) is 0 Å². The van der Waals surface area contributed by atoms with Gasteiger partial charge < -0.3 is 9.88 Å². The van der Waals surface area contributed by atoms with Crippen molar-refractivity contribution in [3.8, 4) is 5.69 Å². The SMILES string of the molecule is CC.Cc1cc2nc(Cl)nc(Nc3cn(-c4ccc(F)cc4)cn3)c2s1. The third-order valence-electron chi connectivity index (χ3n) is 3.42. The summed E-state index contributed by atoms with van der Waals surface area (Å²) in [4.78, 5) is 13.9. The van der Waals surface area contributed by atoms with Crippen molar-refractivity contribution >= 4 is 44.8 Å². The normalized spacial score (nSPS) is 10.5. The Bertz CT molecular complexity index is 1030. The molecule has 0 aliphatic rings. The molecule has 0 aliphatic heterocycles. The Kier molecular flexibility index (Phi) is 5.49. The maximum Gasteiger partial charge on any atom is 0.224 e. The number of nitrogens with one attached hydrogen (secondary N) is 1. The van der Waals surface area contributed by atoms with Crippen LogP contribution in [0.15, 0.2) is 42.9 Å². The quantitative estimate of drug-likeness (QED) is 0.453.